The van der Waals surface area contributed by atoms with Crippen LogP contribution in [-0.2, 0) is 23.9 Å². The molecule has 2 aliphatic carbocycles. The molecule has 0 aromatic rings. The van der Waals surface area contributed by atoms with Crippen LogP contribution < -0.4 is 0 Å². The minimum atomic E-state index is -1.05. The number of hydrogen-bond acceptors (Lipinski definition) is 6. The number of aliphatic hydroxyl groups excluding tert-OH is 1. The van der Waals surface area contributed by atoms with Gasteiger partial charge in [-0.05, 0) is 60.8 Å². The predicted molar refractivity (Wildman–Crippen MR) is 113 cm³/mol. The molecule has 3 aliphatic rings. The number of carboxylic acids is 1. The molecule has 0 aromatic heterocycles. The number of aliphatic hydroxyl groups is 1. The Morgan fingerprint density at radius 2 is 1.97 bits per heavy atom. The first-order valence-electron chi connectivity index (χ1n) is 11.1. The van der Waals surface area contributed by atoms with Crippen molar-refractivity contribution in [3.63, 3.8) is 0 Å². The molecular weight excluding hydrogens is 400 g/mol. The second kappa shape index (κ2) is 8.77. The van der Waals surface area contributed by atoms with Gasteiger partial charge in [-0.15, -0.1) is 0 Å². The Morgan fingerprint density at radius 1 is 1.26 bits per heavy atom. The quantitative estimate of drug-likeness (QED) is 0.467. The third kappa shape index (κ3) is 4.71. The first-order chi connectivity index (χ1) is 14.4. The highest BCUT2D eigenvalue weighted by atomic mass is 16.6. The van der Waals surface area contributed by atoms with Gasteiger partial charge < -0.3 is 19.7 Å². The highest BCUT2D eigenvalue weighted by molar-refractivity contribution is 5.85. The summed E-state index contributed by atoms with van der Waals surface area (Å²) in [4.78, 5) is 34.4. The van der Waals surface area contributed by atoms with Crippen molar-refractivity contribution in [1.29, 1.82) is 0 Å². The summed E-state index contributed by atoms with van der Waals surface area (Å²) < 4.78 is 10.7. The lowest BCUT2D eigenvalue weighted by Crippen LogP contribution is -2.60. The zero-order valence-corrected chi connectivity index (χ0v) is 18.8. The summed E-state index contributed by atoms with van der Waals surface area (Å²) in [6.07, 6.45) is 4.82. The number of carbonyl (C=O) groups excluding carboxylic acids is 2. The molecule has 0 radical (unpaired) electrons. The van der Waals surface area contributed by atoms with Gasteiger partial charge in [0.15, 0.2) is 0 Å². The van der Waals surface area contributed by atoms with E-state index < -0.39 is 29.6 Å². The summed E-state index contributed by atoms with van der Waals surface area (Å²) in [5.74, 6) is -1.51. The molecular formula is C24H34O7. The summed E-state index contributed by atoms with van der Waals surface area (Å²) in [5, 5.41) is 19.9. The maximum atomic E-state index is 12.3. The summed E-state index contributed by atoms with van der Waals surface area (Å²) in [7, 11) is 0. The Hall–Kier alpha value is -2.15. The van der Waals surface area contributed by atoms with Gasteiger partial charge in [0.05, 0.1) is 18.9 Å². The van der Waals surface area contributed by atoms with Crippen LogP contribution in [0.25, 0.3) is 0 Å². The Morgan fingerprint density at radius 3 is 2.58 bits per heavy atom. The lowest BCUT2D eigenvalue weighted by molar-refractivity contribution is -0.198. The van der Waals surface area contributed by atoms with E-state index in [1.54, 1.807) is 6.08 Å². The Labute approximate surface area is 183 Å². The van der Waals surface area contributed by atoms with E-state index in [9.17, 15) is 19.5 Å². The lowest BCUT2D eigenvalue weighted by atomic mass is 9.46. The Balaban J connectivity index is 1.81. The summed E-state index contributed by atoms with van der Waals surface area (Å²) >= 11 is 0. The Bertz CT molecular complexity index is 809. The van der Waals surface area contributed by atoms with Gasteiger partial charge in [0, 0.05) is 6.08 Å². The van der Waals surface area contributed by atoms with E-state index >= 15 is 0 Å². The molecule has 1 fully saturated rings. The lowest BCUT2D eigenvalue weighted by Gasteiger charge is -2.60. The van der Waals surface area contributed by atoms with E-state index in [1.165, 1.54) is 5.57 Å². The van der Waals surface area contributed by atoms with Crippen LogP contribution in [0, 0.1) is 22.7 Å². The molecule has 7 nitrogen and oxygen atoms in total. The van der Waals surface area contributed by atoms with E-state index in [4.69, 9.17) is 14.6 Å². The van der Waals surface area contributed by atoms with Crippen molar-refractivity contribution in [3.05, 3.63) is 23.3 Å². The van der Waals surface area contributed by atoms with Crippen LogP contribution in [-0.4, -0.2) is 46.9 Å². The molecule has 0 aromatic carbocycles. The second-order valence-corrected chi connectivity index (χ2v) is 10.1. The topological polar surface area (TPSA) is 110 Å². The second-order valence-electron chi connectivity index (χ2n) is 10.1. The van der Waals surface area contributed by atoms with Crippen molar-refractivity contribution in [1.82, 2.24) is 0 Å². The average Bonchev–Trinajstić information content (AvgIpc) is 3.09. The summed E-state index contributed by atoms with van der Waals surface area (Å²) in [6.45, 7) is 8.74. The molecule has 1 saturated carbocycles. The van der Waals surface area contributed by atoms with Crippen molar-refractivity contribution in [2.75, 3.05) is 6.61 Å². The van der Waals surface area contributed by atoms with Gasteiger partial charge >= 0.3 is 17.9 Å². The highest BCUT2D eigenvalue weighted by Gasteiger charge is 2.59. The van der Waals surface area contributed by atoms with Crippen molar-refractivity contribution < 1.29 is 34.1 Å². The number of ether oxygens (including phenoxy) is 2. The van der Waals surface area contributed by atoms with E-state index in [2.05, 4.69) is 19.9 Å². The number of cyclic esters (lactones) is 1. The van der Waals surface area contributed by atoms with Gasteiger partial charge in [0.1, 0.15) is 12.7 Å². The molecule has 1 heterocycles. The number of aliphatic carboxylic acids is 1. The minimum absolute atomic E-state index is 0.202. The van der Waals surface area contributed by atoms with E-state index in [0.29, 0.717) is 13.0 Å². The van der Waals surface area contributed by atoms with Crippen LogP contribution in [0.2, 0.25) is 0 Å². The number of esters is 2. The zero-order chi connectivity index (χ0) is 23.0. The SMILES string of the molecule is CC1=CC[C@H]2C(C)(C)[C@H](O)[C@H](OC(=O)CCC(=O)O)C[C@]2(C)[C@H]1CCC1=CC(=O)OC1. The highest BCUT2D eigenvalue weighted by Crippen LogP contribution is 2.61. The van der Waals surface area contributed by atoms with Gasteiger partial charge in [-0.1, -0.05) is 32.4 Å². The number of rotatable bonds is 7. The van der Waals surface area contributed by atoms with Crippen molar-refractivity contribution in [3.8, 4) is 0 Å². The molecule has 0 unspecified atom stereocenters. The van der Waals surface area contributed by atoms with E-state index in [-0.39, 0.29) is 36.1 Å². The molecule has 1 aliphatic heterocycles. The zero-order valence-electron chi connectivity index (χ0n) is 18.8. The van der Waals surface area contributed by atoms with Crippen LogP contribution in [0.3, 0.4) is 0 Å². The molecule has 31 heavy (non-hydrogen) atoms. The number of allylic oxidation sites excluding steroid dienone is 2. The number of carboxylic acid groups (broad SMARTS) is 1. The maximum Gasteiger partial charge on any atom is 0.331 e. The fourth-order valence-corrected chi connectivity index (χ4v) is 6.13. The number of fused-ring (bicyclic) bond motifs is 1. The number of carbonyl (C=O) groups is 3. The van der Waals surface area contributed by atoms with E-state index in [0.717, 1.165) is 24.8 Å². The van der Waals surface area contributed by atoms with Gasteiger partial charge in [0.25, 0.3) is 0 Å². The summed E-state index contributed by atoms with van der Waals surface area (Å²) in [5.41, 5.74) is 1.60. The molecule has 0 bridgehead atoms. The molecule has 172 valence electrons. The third-order valence-corrected chi connectivity index (χ3v) is 7.77. The first-order valence-corrected chi connectivity index (χ1v) is 11.1. The average molecular weight is 435 g/mol. The monoisotopic (exact) mass is 434 g/mol. The smallest absolute Gasteiger partial charge is 0.331 e. The molecule has 0 amide bonds. The molecule has 0 saturated heterocycles. The van der Waals surface area contributed by atoms with Gasteiger partial charge in [-0.2, -0.15) is 0 Å². The van der Waals surface area contributed by atoms with Crippen molar-refractivity contribution in [2.45, 2.75) is 78.4 Å². The van der Waals surface area contributed by atoms with Crippen LogP contribution >= 0.6 is 0 Å². The first kappa shape index (κ1) is 23.5. The van der Waals surface area contributed by atoms with Crippen LogP contribution in [0.5, 0.6) is 0 Å². The van der Waals surface area contributed by atoms with E-state index in [1.807, 2.05) is 13.8 Å². The summed E-state index contributed by atoms with van der Waals surface area (Å²) in [6, 6.07) is 0. The predicted octanol–water partition coefficient (Wildman–Crippen LogP) is 3.41. The molecule has 2 N–H and O–H groups in total. The van der Waals surface area contributed by atoms with Crippen LogP contribution in [0.15, 0.2) is 23.3 Å². The molecule has 5 atom stereocenters. The van der Waals surface area contributed by atoms with Gasteiger partial charge in [0.2, 0.25) is 0 Å². The van der Waals surface area contributed by atoms with Crippen molar-refractivity contribution >= 4 is 17.9 Å². The van der Waals surface area contributed by atoms with Crippen LogP contribution in [0.4, 0.5) is 0 Å². The number of hydrogen-bond donors (Lipinski definition) is 2. The largest absolute Gasteiger partial charge is 0.481 e. The fourth-order valence-electron chi connectivity index (χ4n) is 6.13. The molecule has 0 spiro atoms. The third-order valence-electron chi connectivity index (χ3n) is 7.77. The minimum Gasteiger partial charge on any atom is -0.481 e. The Kier molecular flexibility index (Phi) is 6.65. The molecule has 7 heteroatoms. The van der Waals surface area contributed by atoms with Crippen molar-refractivity contribution in [2.24, 2.45) is 22.7 Å². The van der Waals surface area contributed by atoms with Gasteiger partial charge in [-0.3, -0.25) is 9.59 Å². The normalized spacial score (nSPS) is 34.3. The van der Waals surface area contributed by atoms with Gasteiger partial charge in [-0.25, -0.2) is 4.79 Å². The molecule has 3 rings (SSSR count). The maximum absolute atomic E-state index is 12.3. The standard InChI is InChI=1S/C24H34O7/c1-14-5-8-18-23(2,3)22(29)17(31-20(27)10-9-19(25)26)12-24(18,4)16(14)7-6-15-11-21(28)30-13-15/h5,11,16-18,22,29H,6-10,12-13H2,1-4H3,(H,25,26)/t16-,17+,18-,22+,24+/m0/s1. The fraction of sp³-hybridized carbons (Fsp3) is 0.708. The van der Waals surface area contributed by atoms with Crippen LogP contribution in [0.1, 0.15) is 66.2 Å².